The van der Waals surface area contributed by atoms with Gasteiger partial charge in [0.2, 0.25) is 0 Å². The van der Waals surface area contributed by atoms with Crippen LogP contribution in [0.15, 0.2) is 0 Å². The van der Waals surface area contributed by atoms with Crippen LogP contribution in [-0.2, 0) is 9.63 Å². The van der Waals surface area contributed by atoms with Crippen molar-refractivity contribution in [2.75, 3.05) is 38.2 Å². The van der Waals surface area contributed by atoms with Crippen LogP contribution in [0.2, 0.25) is 0 Å². The Morgan fingerprint density at radius 1 is 0.953 bits per heavy atom. The average molecular weight is 629 g/mol. The molecule has 0 aromatic rings. The van der Waals surface area contributed by atoms with E-state index in [0.29, 0.717) is 23.8 Å². The maximum absolute atomic E-state index is 11.5. The monoisotopic (exact) mass is 629 g/mol. The summed E-state index contributed by atoms with van der Waals surface area (Å²) >= 11 is 2.08. The maximum atomic E-state index is 11.5. The molecule has 43 heavy (non-hydrogen) atoms. The Labute approximate surface area is 273 Å². The number of hydrogen-bond donors (Lipinski definition) is 4. The van der Waals surface area contributed by atoms with Crippen LogP contribution in [0.4, 0.5) is 0 Å². The quantitative estimate of drug-likeness (QED) is 0.101. The smallest absolute Gasteiger partial charge is 0.324 e. The predicted octanol–water partition coefficient (Wildman–Crippen LogP) is 8.19. The molecule has 0 saturated heterocycles. The van der Waals surface area contributed by atoms with Gasteiger partial charge in [0.15, 0.2) is 0 Å². The van der Waals surface area contributed by atoms with Crippen LogP contribution in [-0.4, -0.2) is 50.2 Å². The van der Waals surface area contributed by atoms with Gasteiger partial charge in [0.1, 0.15) is 0 Å². The van der Waals surface area contributed by atoms with E-state index in [4.69, 9.17) is 11.6 Å². The predicted molar refractivity (Wildman–Crippen MR) is 191 cm³/mol. The van der Waals surface area contributed by atoms with E-state index in [2.05, 4.69) is 47.3 Å². The summed E-state index contributed by atoms with van der Waals surface area (Å²) in [5.41, 5.74) is 6.08. The fourth-order valence-corrected chi connectivity index (χ4v) is 9.31. The number of unbranched alkanes of at least 4 members (excludes halogenated alkanes) is 1. The minimum Gasteiger partial charge on any atom is -0.373 e. The summed E-state index contributed by atoms with van der Waals surface area (Å²) in [6.07, 6.45) is 18.2. The molecular weight excluding hydrogens is 552 g/mol. The fourth-order valence-electron chi connectivity index (χ4n) is 8.32. The minimum absolute atomic E-state index is 0.271. The van der Waals surface area contributed by atoms with E-state index in [1.807, 2.05) is 41.5 Å². The summed E-state index contributed by atoms with van der Waals surface area (Å²) in [5.74, 6) is 10.9. The molecule has 0 aliphatic heterocycles. The van der Waals surface area contributed by atoms with Crippen molar-refractivity contribution in [1.29, 1.82) is 0 Å². The number of hydrogen-bond acceptors (Lipinski definition) is 7. The van der Waals surface area contributed by atoms with Crippen LogP contribution in [0.3, 0.4) is 0 Å². The molecule has 3 aliphatic rings. The molecule has 7 heteroatoms. The molecular formula is C36H76N4O2S. The van der Waals surface area contributed by atoms with Crippen molar-refractivity contribution in [3.63, 3.8) is 0 Å². The van der Waals surface area contributed by atoms with Crippen molar-refractivity contribution < 1.29 is 9.63 Å². The first kappa shape index (κ1) is 42.7. The Bertz CT molecular complexity index is 669. The van der Waals surface area contributed by atoms with Crippen LogP contribution in [0.5, 0.6) is 0 Å². The van der Waals surface area contributed by atoms with E-state index in [-0.39, 0.29) is 5.97 Å². The van der Waals surface area contributed by atoms with Crippen molar-refractivity contribution in [2.45, 2.75) is 145 Å². The van der Waals surface area contributed by atoms with Crippen molar-refractivity contribution in [3.05, 3.63) is 0 Å². The molecule has 0 heterocycles. The van der Waals surface area contributed by atoms with Crippen LogP contribution >= 0.6 is 11.8 Å². The first-order valence-corrected chi connectivity index (χ1v) is 19.8. The third-order valence-electron chi connectivity index (χ3n) is 10.7. The van der Waals surface area contributed by atoms with Gasteiger partial charge in [0.25, 0.3) is 0 Å². The van der Waals surface area contributed by atoms with Gasteiger partial charge in [0.05, 0.1) is 0 Å². The third kappa shape index (κ3) is 14.3. The van der Waals surface area contributed by atoms with E-state index in [1.165, 1.54) is 70.0 Å². The van der Waals surface area contributed by atoms with Gasteiger partial charge in [-0.3, -0.25) is 4.79 Å². The molecule has 0 spiro atoms. The summed E-state index contributed by atoms with van der Waals surface area (Å²) in [7, 11) is 0. The number of nitrogens with one attached hydrogen (secondary N) is 2. The summed E-state index contributed by atoms with van der Waals surface area (Å²) < 4.78 is 0. The van der Waals surface area contributed by atoms with Crippen LogP contribution < -0.4 is 22.3 Å². The molecule has 0 bridgehead atoms. The SMILES string of the molecule is CC.CC.CC.CSCC1C(C2CCC(C(C)CCC(=O)ON)C2)CCC2CC(NCCCNCCCCN)CCC21C. The Hall–Kier alpha value is -0.340. The second kappa shape index (κ2) is 25.8. The van der Waals surface area contributed by atoms with Gasteiger partial charge in [0, 0.05) is 12.5 Å². The Morgan fingerprint density at radius 2 is 1.65 bits per heavy atom. The molecule has 258 valence electrons. The first-order valence-electron chi connectivity index (χ1n) is 18.5. The topological polar surface area (TPSA) is 102 Å². The zero-order valence-corrected chi connectivity index (χ0v) is 31.0. The highest BCUT2D eigenvalue weighted by molar-refractivity contribution is 7.98. The molecule has 8 atom stereocenters. The van der Waals surface area contributed by atoms with Gasteiger partial charge in [-0.05, 0) is 156 Å². The summed E-state index contributed by atoms with van der Waals surface area (Å²) in [6.45, 7) is 21.2. The van der Waals surface area contributed by atoms with E-state index in [1.54, 1.807) is 0 Å². The minimum atomic E-state index is -0.271. The first-order chi connectivity index (χ1) is 20.9. The number of fused-ring (bicyclic) bond motifs is 1. The molecule has 0 amide bonds. The molecule has 3 saturated carbocycles. The lowest BCUT2D eigenvalue weighted by molar-refractivity contribution is -0.144. The Morgan fingerprint density at radius 3 is 2.30 bits per heavy atom. The number of carbonyl (C=O) groups excluding carboxylic acids is 1. The number of rotatable bonds is 16. The van der Waals surface area contributed by atoms with Crippen LogP contribution in [0.1, 0.15) is 139 Å². The molecule has 6 nitrogen and oxygen atoms in total. The van der Waals surface area contributed by atoms with Gasteiger partial charge < -0.3 is 21.2 Å². The molecule has 0 aromatic heterocycles. The lowest BCUT2D eigenvalue weighted by atomic mass is 9.50. The third-order valence-corrected chi connectivity index (χ3v) is 11.4. The van der Waals surface area contributed by atoms with Crippen molar-refractivity contribution in [2.24, 2.45) is 52.6 Å². The Balaban J connectivity index is 0.00000276. The van der Waals surface area contributed by atoms with E-state index in [0.717, 1.165) is 68.6 Å². The average Bonchev–Trinajstić information content (AvgIpc) is 3.55. The van der Waals surface area contributed by atoms with Crippen LogP contribution in [0, 0.1) is 40.9 Å². The van der Waals surface area contributed by atoms with Crippen LogP contribution in [0.25, 0.3) is 0 Å². The summed E-state index contributed by atoms with van der Waals surface area (Å²) in [6, 6.07) is 0.707. The van der Waals surface area contributed by atoms with Crippen molar-refractivity contribution in [1.82, 2.24) is 10.6 Å². The lowest BCUT2D eigenvalue weighted by Gasteiger charge is -2.56. The van der Waals surface area contributed by atoms with Gasteiger partial charge in [-0.15, -0.1) is 0 Å². The van der Waals surface area contributed by atoms with Gasteiger partial charge in [-0.1, -0.05) is 55.4 Å². The zero-order valence-electron chi connectivity index (χ0n) is 30.1. The fraction of sp³-hybridized carbons (Fsp3) is 0.972. The second-order valence-electron chi connectivity index (χ2n) is 12.9. The second-order valence-corrected chi connectivity index (χ2v) is 13.8. The van der Waals surface area contributed by atoms with Crippen molar-refractivity contribution >= 4 is 17.7 Å². The summed E-state index contributed by atoms with van der Waals surface area (Å²) in [5, 5.41) is 7.49. The summed E-state index contributed by atoms with van der Waals surface area (Å²) in [4.78, 5) is 15.9. The standard InChI is InChI=1S/C30H58N4O2S.3C2H6/c1-22(7-12-29(35)36-32)23-8-9-24(19-23)27-11-10-25-20-26(13-14-30(25,2)28(27)21-37-3)34-18-6-17-33-16-5-4-15-31;3*1-2/h22-28,33-34H,4-21,31-32H2,1-3H3;3*1-2H3. The number of carbonyl (C=O) groups is 1. The Kier molecular flexibility index (Phi) is 25.6. The number of thioether (sulfide) groups is 1. The molecule has 0 radical (unpaired) electrons. The van der Waals surface area contributed by atoms with Gasteiger partial charge in [-0.25, -0.2) is 0 Å². The molecule has 3 rings (SSSR count). The maximum Gasteiger partial charge on any atom is 0.324 e. The van der Waals surface area contributed by atoms with E-state index >= 15 is 0 Å². The highest BCUT2D eigenvalue weighted by atomic mass is 32.2. The largest absolute Gasteiger partial charge is 0.373 e. The van der Waals surface area contributed by atoms with Crippen molar-refractivity contribution in [3.8, 4) is 0 Å². The molecule has 0 aromatic carbocycles. The molecule has 8 unspecified atom stereocenters. The highest BCUT2D eigenvalue weighted by Gasteiger charge is 2.52. The molecule has 6 N–H and O–H groups in total. The van der Waals surface area contributed by atoms with E-state index in [9.17, 15) is 4.79 Å². The molecule has 3 aliphatic carbocycles. The van der Waals surface area contributed by atoms with E-state index < -0.39 is 0 Å². The normalized spacial score (nSPS) is 30.3. The zero-order chi connectivity index (χ0) is 32.7. The van der Waals surface area contributed by atoms with Gasteiger partial charge in [-0.2, -0.15) is 17.7 Å². The number of nitrogens with two attached hydrogens (primary N) is 2. The molecule has 3 fully saturated rings. The highest BCUT2D eigenvalue weighted by Crippen LogP contribution is 2.59. The van der Waals surface area contributed by atoms with Gasteiger partial charge >= 0.3 is 5.97 Å². The lowest BCUT2D eigenvalue weighted by Crippen LogP contribution is -2.52.